The van der Waals surface area contributed by atoms with Gasteiger partial charge in [0, 0.05) is 24.2 Å². The van der Waals surface area contributed by atoms with Crippen LogP contribution in [0.15, 0.2) is 41.7 Å². The first-order chi connectivity index (χ1) is 18.5. The fourth-order valence-electron chi connectivity index (χ4n) is 4.10. The zero-order valence-electron chi connectivity index (χ0n) is 20.0. The van der Waals surface area contributed by atoms with E-state index in [1.807, 2.05) is 11.4 Å². The third-order valence-electron chi connectivity index (χ3n) is 6.04. The van der Waals surface area contributed by atoms with Gasteiger partial charge in [-0.25, -0.2) is 29.3 Å². The van der Waals surface area contributed by atoms with Gasteiger partial charge in [0.1, 0.15) is 32.8 Å². The molecule has 16 heteroatoms. The number of amides is 1. The molecule has 0 aliphatic carbocycles. The van der Waals surface area contributed by atoms with Crippen LogP contribution in [-0.2, 0) is 18.0 Å². The summed E-state index contributed by atoms with van der Waals surface area (Å²) in [5.41, 5.74) is -0.471. The lowest BCUT2D eigenvalue weighted by Crippen LogP contribution is -2.27. The first-order valence-electron chi connectivity index (χ1n) is 11.3. The number of thiazole rings is 1. The van der Waals surface area contributed by atoms with Crippen molar-refractivity contribution >= 4 is 55.3 Å². The van der Waals surface area contributed by atoms with Gasteiger partial charge in [0.05, 0.1) is 35.4 Å². The van der Waals surface area contributed by atoms with Crippen LogP contribution < -0.4 is 11.0 Å². The quantitative estimate of drug-likeness (QED) is 0.300. The predicted molar refractivity (Wildman–Crippen MR) is 135 cm³/mol. The summed E-state index contributed by atoms with van der Waals surface area (Å²) in [5.74, 6) is -1.38. The molecule has 6 aromatic heterocycles. The van der Waals surface area contributed by atoms with E-state index < -0.39 is 35.1 Å². The Labute approximate surface area is 218 Å². The first-order valence-corrected chi connectivity index (χ1v) is 12.1. The van der Waals surface area contributed by atoms with Crippen molar-refractivity contribution in [2.24, 2.45) is 7.05 Å². The summed E-state index contributed by atoms with van der Waals surface area (Å²) in [6, 6.07) is 2.49. The molecule has 1 unspecified atom stereocenters. The monoisotopic (exact) mass is 555 g/mol. The van der Waals surface area contributed by atoms with Crippen molar-refractivity contribution < 1.29 is 23.1 Å². The van der Waals surface area contributed by atoms with E-state index in [2.05, 4.69) is 30.1 Å². The number of hydrogen-bond acceptors (Lipinski definition) is 9. The number of aliphatic hydroxyl groups is 1. The molecule has 1 amide bonds. The minimum atomic E-state index is -4.91. The molecule has 6 aromatic rings. The predicted octanol–water partition coefficient (Wildman–Crippen LogP) is 3.01. The fourth-order valence-corrected chi connectivity index (χ4v) is 4.99. The number of pyridine rings is 3. The van der Waals surface area contributed by atoms with Gasteiger partial charge in [-0.3, -0.25) is 14.5 Å². The van der Waals surface area contributed by atoms with Gasteiger partial charge in [-0.1, -0.05) is 11.3 Å². The zero-order chi connectivity index (χ0) is 27.6. The molecule has 12 nitrogen and oxygen atoms in total. The van der Waals surface area contributed by atoms with Gasteiger partial charge in [-0.05, 0) is 19.1 Å². The first kappa shape index (κ1) is 24.6. The molecular weight excluding hydrogens is 539 g/mol. The van der Waals surface area contributed by atoms with E-state index in [9.17, 15) is 27.9 Å². The van der Waals surface area contributed by atoms with Crippen molar-refractivity contribution in [3.63, 3.8) is 0 Å². The van der Waals surface area contributed by atoms with Crippen molar-refractivity contribution in [2.75, 3.05) is 5.32 Å². The van der Waals surface area contributed by atoms with Crippen molar-refractivity contribution in [1.82, 2.24) is 39.3 Å². The molecule has 39 heavy (non-hydrogen) atoms. The van der Waals surface area contributed by atoms with E-state index in [4.69, 9.17) is 0 Å². The molecule has 0 saturated heterocycles. The maximum atomic E-state index is 14.0. The largest absolute Gasteiger partial charge is 0.418 e. The molecule has 1 atom stereocenters. The number of imidazole rings is 1. The van der Waals surface area contributed by atoms with E-state index in [1.165, 1.54) is 29.1 Å². The Morgan fingerprint density at radius 3 is 2.69 bits per heavy atom. The molecule has 0 saturated carbocycles. The molecule has 0 aromatic carbocycles. The number of nitrogens with one attached hydrogen (secondary N) is 2. The Morgan fingerprint density at radius 2 is 1.95 bits per heavy atom. The average molecular weight is 556 g/mol. The van der Waals surface area contributed by atoms with Gasteiger partial charge in [0.2, 0.25) is 0 Å². The maximum absolute atomic E-state index is 14.0. The van der Waals surface area contributed by atoms with Crippen molar-refractivity contribution in [1.29, 1.82) is 0 Å². The highest BCUT2D eigenvalue weighted by molar-refractivity contribution is 7.21. The summed E-state index contributed by atoms with van der Waals surface area (Å²) in [4.78, 5) is 43.0. The van der Waals surface area contributed by atoms with E-state index >= 15 is 0 Å². The average Bonchev–Trinajstić information content (AvgIpc) is 3.60. The lowest BCUT2D eigenvalue weighted by Gasteiger charge is -2.15. The maximum Gasteiger partial charge on any atom is 0.418 e. The van der Waals surface area contributed by atoms with E-state index in [0.29, 0.717) is 38.1 Å². The number of aromatic amines is 1. The van der Waals surface area contributed by atoms with Crippen LogP contribution in [0.2, 0.25) is 0 Å². The number of aryl methyl sites for hydroxylation is 1. The number of fused-ring (bicyclic) bond motifs is 4. The number of carbonyl (C=O) groups is 1. The second-order valence-electron chi connectivity index (χ2n) is 8.62. The Balaban J connectivity index is 1.57. The molecule has 0 aliphatic rings. The number of aliphatic hydroxyl groups excluding tert-OH is 1. The van der Waals surface area contributed by atoms with E-state index in [0.717, 1.165) is 23.1 Å². The number of nitrogens with zero attached hydrogens (tertiary/aromatic N) is 7. The van der Waals surface area contributed by atoms with Crippen molar-refractivity contribution in [3.8, 4) is 16.4 Å². The molecule has 0 bridgehead atoms. The summed E-state index contributed by atoms with van der Waals surface area (Å²) in [5, 5.41) is 19.4. The second-order valence-corrected chi connectivity index (χ2v) is 9.60. The summed E-state index contributed by atoms with van der Waals surface area (Å²) in [6.07, 6.45) is -1.00. The second kappa shape index (κ2) is 8.67. The van der Waals surface area contributed by atoms with E-state index in [-0.39, 0.29) is 11.3 Å². The SMILES string of the molecule is CC(O)C(=O)Nc1cnc(-n2c(=O)n(C)c3cnc4sc(-c5cnc6[nH]ncc6c5)nc4c32)cc1C(F)(F)F. The number of halogens is 3. The Kier molecular flexibility index (Phi) is 5.47. The van der Waals surface area contributed by atoms with Crippen LogP contribution in [0.1, 0.15) is 12.5 Å². The number of aromatic nitrogens is 8. The number of H-pyrrole nitrogens is 1. The Bertz CT molecular complexity index is 1990. The molecule has 6 heterocycles. The van der Waals surface area contributed by atoms with Crippen LogP contribution in [0, 0.1) is 0 Å². The van der Waals surface area contributed by atoms with Crippen LogP contribution in [0.3, 0.4) is 0 Å². The molecule has 198 valence electrons. The van der Waals surface area contributed by atoms with Gasteiger partial charge < -0.3 is 10.4 Å². The van der Waals surface area contributed by atoms with Crippen LogP contribution in [0.25, 0.3) is 48.8 Å². The number of alkyl halides is 3. The third kappa shape index (κ3) is 4.00. The Morgan fingerprint density at radius 1 is 1.15 bits per heavy atom. The molecule has 6 rings (SSSR count). The topological polar surface area (TPSA) is 156 Å². The summed E-state index contributed by atoms with van der Waals surface area (Å²) in [6.45, 7) is 1.12. The number of carbonyl (C=O) groups excluding carboxylic acids is 1. The summed E-state index contributed by atoms with van der Waals surface area (Å²) in [7, 11) is 1.46. The normalized spacial score (nSPS) is 13.0. The highest BCUT2D eigenvalue weighted by Gasteiger charge is 2.35. The van der Waals surface area contributed by atoms with Gasteiger partial charge in [0.25, 0.3) is 5.91 Å². The molecule has 3 N–H and O–H groups in total. The summed E-state index contributed by atoms with van der Waals surface area (Å²) < 4.78 is 44.2. The van der Waals surface area contributed by atoms with Crippen LogP contribution in [0.4, 0.5) is 18.9 Å². The van der Waals surface area contributed by atoms with Crippen LogP contribution in [-0.4, -0.2) is 56.4 Å². The smallest absolute Gasteiger partial charge is 0.384 e. The van der Waals surface area contributed by atoms with Gasteiger partial charge in [0.15, 0.2) is 5.65 Å². The van der Waals surface area contributed by atoms with E-state index in [1.54, 1.807) is 12.4 Å². The number of anilines is 1. The van der Waals surface area contributed by atoms with Gasteiger partial charge in [-0.2, -0.15) is 18.3 Å². The van der Waals surface area contributed by atoms with Crippen molar-refractivity contribution in [3.05, 3.63) is 53.0 Å². The molecule has 0 spiro atoms. The Hall–Kier alpha value is -4.70. The minimum absolute atomic E-state index is 0.216. The minimum Gasteiger partial charge on any atom is -0.384 e. The van der Waals surface area contributed by atoms with Crippen LogP contribution >= 0.6 is 11.3 Å². The molecule has 0 fully saturated rings. The molecule has 0 radical (unpaired) electrons. The van der Waals surface area contributed by atoms with Crippen LogP contribution in [0.5, 0.6) is 0 Å². The lowest BCUT2D eigenvalue weighted by atomic mass is 10.2. The van der Waals surface area contributed by atoms with Gasteiger partial charge >= 0.3 is 11.9 Å². The fraction of sp³-hybridized carbons (Fsp3) is 0.174. The summed E-state index contributed by atoms with van der Waals surface area (Å²) >= 11 is 1.23. The van der Waals surface area contributed by atoms with Gasteiger partial charge in [-0.15, -0.1) is 0 Å². The highest BCUT2D eigenvalue weighted by Crippen LogP contribution is 2.37. The van der Waals surface area contributed by atoms with Crippen molar-refractivity contribution in [2.45, 2.75) is 19.2 Å². The number of hydrogen-bond donors (Lipinski definition) is 3. The number of rotatable bonds is 4. The molecule has 0 aliphatic heterocycles. The lowest BCUT2D eigenvalue weighted by molar-refractivity contribution is -0.137. The zero-order valence-corrected chi connectivity index (χ0v) is 20.8. The molecular formula is C23H16F3N9O3S. The standard InChI is InChI=1S/C23H16F3N9O3S/c1-9(36)19(37)31-13-7-27-15(4-12(13)23(24,25)26)35-17-14(34(2)22(35)38)8-29-21-16(17)32-20(39-21)11-3-10-6-30-33-18(10)28-5-11/h3-9,36H,1-2H3,(H,31,37)(H,28,30,33). The highest BCUT2D eigenvalue weighted by atomic mass is 32.1. The third-order valence-corrected chi connectivity index (χ3v) is 7.06.